The van der Waals surface area contributed by atoms with Gasteiger partial charge in [0.15, 0.2) is 5.69 Å². The summed E-state index contributed by atoms with van der Waals surface area (Å²) >= 11 is 0. The Hall–Kier alpha value is -2.62. The van der Waals surface area contributed by atoms with E-state index >= 15 is 0 Å². The molecule has 0 fully saturated rings. The molecule has 0 bridgehead atoms. The van der Waals surface area contributed by atoms with Crippen LogP contribution >= 0.6 is 0 Å². The number of hydrogen-bond acceptors (Lipinski definition) is 8. The van der Waals surface area contributed by atoms with Crippen molar-refractivity contribution in [3.05, 3.63) is 36.4 Å². The fourth-order valence-electron chi connectivity index (χ4n) is 1.34. The molecule has 2 rings (SSSR count). The first-order valence-corrected chi connectivity index (χ1v) is 5.23. The summed E-state index contributed by atoms with van der Waals surface area (Å²) < 4.78 is 4.28. The Bertz CT molecular complexity index is 623. The lowest BCUT2D eigenvalue weighted by molar-refractivity contribution is -0.420. The van der Waals surface area contributed by atoms with Gasteiger partial charge in [0.1, 0.15) is 0 Å². The van der Waals surface area contributed by atoms with Gasteiger partial charge in [0, 0.05) is 17.8 Å². The van der Waals surface area contributed by atoms with Crippen LogP contribution in [0.3, 0.4) is 0 Å². The number of aromatic nitrogens is 3. The van der Waals surface area contributed by atoms with Crippen molar-refractivity contribution in [2.75, 3.05) is 0 Å². The second-order valence-corrected chi connectivity index (χ2v) is 3.66. The molecule has 0 aromatic carbocycles. The van der Waals surface area contributed by atoms with Crippen LogP contribution in [0, 0.1) is 0 Å². The SMILES string of the molecule is O=C(O)c1cncc(-c2ccc(OC(O)(O)O)nc2)n1. The van der Waals surface area contributed by atoms with Gasteiger partial charge in [0.25, 0.3) is 0 Å². The molecule has 0 amide bonds. The maximum absolute atomic E-state index is 10.8. The number of hydrogen-bond donors (Lipinski definition) is 4. The molecular weight excluding hydrogens is 270 g/mol. The zero-order valence-electron chi connectivity index (χ0n) is 9.83. The van der Waals surface area contributed by atoms with Gasteiger partial charge in [0.2, 0.25) is 5.88 Å². The average molecular weight is 279 g/mol. The van der Waals surface area contributed by atoms with Gasteiger partial charge >= 0.3 is 12.1 Å². The summed E-state index contributed by atoms with van der Waals surface area (Å²) in [6.07, 6.45) is 0.376. The summed E-state index contributed by atoms with van der Waals surface area (Å²) in [5.41, 5.74) is 0.488. The fourth-order valence-corrected chi connectivity index (χ4v) is 1.34. The van der Waals surface area contributed by atoms with E-state index in [0.717, 1.165) is 6.20 Å². The van der Waals surface area contributed by atoms with Crippen molar-refractivity contribution >= 4 is 5.97 Å². The molecule has 9 nitrogen and oxygen atoms in total. The van der Waals surface area contributed by atoms with E-state index in [9.17, 15) is 4.79 Å². The highest BCUT2D eigenvalue weighted by Gasteiger charge is 2.21. The summed E-state index contributed by atoms with van der Waals surface area (Å²) in [6, 6.07) is 2.67. The van der Waals surface area contributed by atoms with Gasteiger partial charge in [-0.1, -0.05) is 0 Å². The predicted molar refractivity (Wildman–Crippen MR) is 62.2 cm³/mol. The molecule has 0 spiro atoms. The second kappa shape index (κ2) is 5.17. The molecule has 0 aliphatic heterocycles. The number of carbonyl (C=O) groups is 1. The Kier molecular flexibility index (Phi) is 3.57. The molecular formula is C11H9N3O6. The van der Waals surface area contributed by atoms with Crippen LogP contribution in [0.5, 0.6) is 5.88 Å². The zero-order chi connectivity index (χ0) is 14.8. The van der Waals surface area contributed by atoms with Gasteiger partial charge < -0.3 is 25.2 Å². The van der Waals surface area contributed by atoms with Crippen LogP contribution < -0.4 is 4.74 Å². The van der Waals surface area contributed by atoms with E-state index in [0.29, 0.717) is 5.56 Å². The van der Waals surface area contributed by atoms with Crippen molar-refractivity contribution in [3.63, 3.8) is 0 Å². The molecule has 9 heteroatoms. The average Bonchev–Trinajstić information content (AvgIpc) is 2.38. The summed E-state index contributed by atoms with van der Waals surface area (Å²) in [6.45, 7) is 0. The summed E-state index contributed by atoms with van der Waals surface area (Å²) in [4.78, 5) is 22.1. The van der Waals surface area contributed by atoms with Crippen LogP contribution in [-0.2, 0) is 0 Å². The minimum Gasteiger partial charge on any atom is -0.476 e. The third-order valence-corrected chi connectivity index (χ3v) is 2.13. The van der Waals surface area contributed by atoms with Crippen molar-refractivity contribution in [2.24, 2.45) is 0 Å². The molecule has 0 saturated carbocycles. The molecule has 0 atom stereocenters. The quantitative estimate of drug-likeness (QED) is 0.528. The van der Waals surface area contributed by atoms with Gasteiger partial charge in [-0.3, -0.25) is 4.98 Å². The number of nitrogens with zero attached hydrogens (tertiary/aromatic N) is 3. The van der Waals surface area contributed by atoms with Gasteiger partial charge in [0.05, 0.1) is 18.1 Å². The number of carboxylic acid groups (broad SMARTS) is 1. The van der Waals surface area contributed by atoms with E-state index in [2.05, 4.69) is 19.7 Å². The van der Waals surface area contributed by atoms with E-state index in [1.54, 1.807) is 0 Å². The molecule has 0 saturated heterocycles. The number of aliphatic hydroxyl groups is 3. The lowest BCUT2D eigenvalue weighted by Gasteiger charge is -2.14. The predicted octanol–water partition coefficient (Wildman–Crippen LogP) is -0.796. The van der Waals surface area contributed by atoms with Gasteiger partial charge in [-0.05, 0) is 6.07 Å². The molecule has 104 valence electrons. The highest BCUT2D eigenvalue weighted by molar-refractivity contribution is 5.85. The van der Waals surface area contributed by atoms with Gasteiger partial charge in [-0.2, -0.15) is 0 Å². The fraction of sp³-hybridized carbons (Fsp3) is 0.0909. The third kappa shape index (κ3) is 3.45. The molecule has 0 radical (unpaired) electrons. The number of carboxylic acids is 1. The van der Waals surface area contributed by atoms with Crippen LogP contribution in [0.4, 0.5) is 0 Å². The lowest BCUT2D eigenvalue weighted by Crippen LogP contribution is -2.34. The Balaban J connectivity index is 2.26. The Morgan fingerprint density at radius 1 is 1.15 bits per heavy atom. The highest BCUT2D eigenvalue weighted by atomic mass is 16.9. The zero-order valence-corrected chi connectivity index (χ0v) is 9.83. The first kappa shape index (κ1) is 13.8. The van der Waals surface area contributed by atoms with E-state index in [1.807, 2.05) is 0 Å². The van der Waals surface area contributed by atoms with Crippen LogP contribution in [0.15, 0.2) is 30.7 Å². The van der Waals surface area contributed by atoms with E-state index in [-0.39, 0.29) is 17.3 Å². The molecule has 2 aromatic rings. The van der Waals surface area contributed by atoms with Crippen LogP contribution in [-0.4, -0.2) is 47.5 Å². The van der Waals surface area contributed by atoms with Crippen molar-refractivity contribution < 1.29 is 30.0 Å². The van der Waals surface area contributed by atoms with Crippen LogP contribution in [0.1, 0.15) is 10.5 Å². The summed E-state index contributed by atoms with van der Waals surface area (Å²) in [5.74, 6) is -1.46. The molecule has 0 unspecified atom stereocenters. The van der Waals surface area contributed by atoms with Crippen molar-refractivity contribution in [1.82, 2.24) is 15.0 Å². The summed E-state index contributed by atoms with van der Waals surface area (Å²) in [5, 5.41) is 34.7. The highest BCUT2D eigenvalue weighted by Crippen LogP contribution is 2.19. The van der Waals surface area contributed by atoms with Gasteiger partial charge in [-0.15, -0.1) is 0 Å². The molecule has 0 aliphatic rings. The number of rotatable bonds is 4. The van der Waals surface area contributed by atoms with Gasteiger partial charge in [-0.25, -0.2) is 14.8 Å². The van der Waals surface area contributed by atoms with Crippen molar-refractivity contribution in [1.29, 1.82) is 0 Å². The topological polar surface area (TPSA) is 146 Å². The monoisotopic (exact) mass is 279 g/mol. The standard InChI is InChI=1S/C11H9N3O6/c15-10(16)8-5-12-4-7(14-8)6-1-2-9(13-3-6)20-11(17,18)19/h1-5,17-19H,(H,15,16). The largest absolute Gasteiger partial charge is 0.476 e. The van der Waals surface area contributed by atoms with E-state index < -0.39 is 12.1 Å². The maximum atomic E-state index is 10.8. The van der Waals surface area contributed by atoms with E-state index in [1.165, 1.54) is 24.5 Å². The molecule has 2 heterocycles. The minimum atomic E-state index is -3.32. The van der Waals surface area contributed by atoms with E-state index in [4.69, 9.17) is 20.4 Å². The minimum absolute atomic E-state index is 0.220. The number of aromatic carboxylic acids is 1. The summed E-state index contributed by atoms with van der Waals surface area (Å²) in [7, 11) is 0. The van der Waals surface area contributed by atoms with Crippen LogP contribution in [0.2, 0.25) is 0 Å². The molecule has 20 heavy (non-hydrogen) atoms. The van der Waals surface area contributed by atoms with Crippen molar-refractivity contribution in [2.45, 2.75) is 6.16 Å². The Morgan fingerprint density at radius 3 is 2.45 bits per heavy atom. The first-order valence-electron chi connectivity index (χ1n) is 5.23. The van der Waals surface area contributed by atoms with Crippen LogP contribution in [0.25, 0.3) is 11.3 Å². The lowest BCUT2D eigenvalue weighted by atomic mass is 10.2. The normalized spacial score (nSPS) is 11.2. The Morgan fingerprint density at radius 2 is 1.90 bits per heavy atom. The number of pyridine rings is 1. The Labute approximate surface area is 111 Å². The molecule has 0 aliphatic carbocycles. The maximum Gasteiger partial charge on any atom is 0.454 e. The number of ether oxygens (including phenoxy) is 1. The second-order valence-electron chi connectivity index (χ2n) is 3.66. The first-order chi connectivity index (χ1) is 9.35. The molecule has 4 N–H and O–H groups in total. The van der Waals surface area contributed by atoms with Crippen molar-refractivity contribution in [3.8, 4) is 17.1 Å². The smallest absolute Gasteiger partial charge is 0.454 e. The third-order valence-electron chi connectivity index (χ3n) is 2.13. The molecule has 2 aromatic heterocycles.